The SMILES string of the molecule is CCCCCCOc1ccc(NC(=O)CC2S/C(=N/S(=O)(=O)c3ccc(Br)cc3)N(CC)C2=O)cc1. The number of sulfonamides is 1. The van der Waals surface area contributed by atoms with Gasteiger partial charge in [-0.25, -0.2) is 0 Å². The Morgan fingerprint density at radius 3 is 2.42 bits per heavy atom. The molecule has 8 nitrogen and oxygen atoms in total. The molecule has 1 aliphatic rings. The van der Waals surface area contributed by atoms with Gasteiger partial charge in [0.1, 0.15) is 11.0 Å². The number of halogens is 1. The van der Waals surface area contributed by atoms with Crippen LogP contribution in [-0.2, 0) is 19.6 Å². The molecule has 3 rings (SSSR count). The van der Waals surface area contributed by atoms with Crippen molar-refractivity contribution in [3.8, 4) is 5.75 Å². The van der Waals surface area contributed by atoms with Crippen molar-refractivity contribution < 1.29 is 22.7 Å². The molecule has 1 saturated heterocycles. The maximum Gasteiger partial charge on any atom is 0.284 e. The Morgan fingerprint density at radius 2 is 1.78 bits per heavy atom. The number of nitrogens with one attached hydrogen (secondary N) is 1. The predicted octanol–water partition coefficient (Wildman–Crippen LogP) is 5.45. The number of ether oxygens (including phenoxy) is 1. The maximum atomic E-state index is 12.8. The summed E-state index contributed by atoms with van der Waals surface area (Å²) in [6.45, 7) is 4.80. The van der Waals surface area contributed by atoms with E-state index in [1.807, 2.05) is 0 Å². The third kappa shape index (κ3) is 7.81. The summed E-state index contributed by atoms with van der Waals surface area (Å²) >= 11 is 4.26. The van der Waals surface area contributed by atoms with E-state index in [2.05, 4.69) is 32.6 Å². The molecule has 2 aromatic rings. The molecule has 36 heavy (non-hydrogen) atoms. The van der Waals surface area contributed by atoms with Crippen molar-refractivity contribution in [1.82, 2.24) is 4.90 Å². The average molecular weight is 597 g/mol. The number of anilines is 1. The second kappa shape index (κ2) is 13.3. The van der Waals surface area contributed by atoms with Gasteiger partial charge in [0.25, 0.3) is 10.0 Å². The van der Waals surface area contributed by atoms with E-state index in [-0.39, 0.29) is 34.8 Å². The number of carbonyl (C=O) groups excluding carboxylic acids is 2. The molecule has 1 aliphatic heterocycles. The Balaban J connectivity index is 1.59. The van der Waals surface area contributed by atoms with Crippen LogP contribution >= 0.6 is 27.7 Å². The molecule has 1 atom stereocenters. The number of benzene rings is 2. The van der Waals surface area contributed by atoms with Crippen LogP contribution in [-0.4, -0.2) is 48.7 Å². The third-order valence-corrected chi connectivity index (χ3v) is 8.52. The maximum absolute atomic E-state index is 12.8. The van der Waals surface area contributed by atoms with Crippen molar-refractivity contribution in [1.29, 1.82) is 0 Å². The lowest BCUT2D eigenvalue weighted by Gasteiger charge is -2.13. The minimum atomic E-state index is -4.00. The number of hydrogen-bond acceptors (Lipinski definition) is 6. The summed E-state index contributed by atoms with van der Waals surface area (Å²) < 4.78 is 35.8. The van der Waals surface area contributed by atoms with Gasteiger partial charge in [-0.1, -0.05) is 53.9 Å². The Hall–Kier alpha value is -2.37. The van der Waals surface area contributed by atoms with E-state index in [4.69, 9.17) is 4.74 Å². The highest BCUT2D eigenvalue weighted by Crippen LogP contribution is 2.31. The van der Waals surface area contributed by atoms with Crippen molar-refractivity contribution in [3.05, 3.63) is 53.0 Å². The second-order valence-corrected chi connectivity index (χ2v) is 11.9. The molecule has 0 saturated carbocycles. The largest absolute Gasteiger partial charge is 0.494 e. The highest BCUT2D eigenvalue weighted by molar-refractivity contribution is 9.10. The number of unbranched alkanes of at least 4 members (excludes halogenated alkanes) is 3. The van der Waals surface area contributed by atoms with Crippen LogP contribution in [0.5, 0.6) is 5.75 Å². The zero-order chi connectivity index (χ0) is 26.1. The monoisotopic (exact) mass is 595 g/mol. The number of rotatable bonds is 12. The summed E-state index contributed by atoms with van der Waals surface area (Å²) in [6, 6.07) is 13.2. The Labute approximate surface area is 225 Å². The Kier molecular flexibility index (Phi) is 10.4. The van der Waals surface area contributed by atoms with Crippen LogP contribution in [0.2, 0.25) is 0 Å². The van der Waals surface area contributed by atoms with Crippen LogP contribution in [0.3, 0.4) is 0 Å². The molecule has 1 N–H and O–H groups in total. The van der Waals surface area contributed by atoms with Crippen molar-refractivity contribution >= 4 is 60.4 Å². The smallest absolute Gasteiger partial charge is 0.284 e. The predicted molar refractivity (Wildman–Crippen MR) is 147 cm³/mol. The number of amides is 2. The van der Waals surface area contributed by atoms with Gasteiger partial charge >= 0.3 is 0 Å². The highest BCUT2D eigenvalue weighted by Gasteiger charge is 2.39. The minimum absolute atomic E-state index is 0.0249. The normalized spacial score (nSPS) is 17.0. The fraction of sp³-hybridized carbons (Fsp3) is 0.400. The molecule has 0 bridgehead atoms. The van der Waals surface area contributed by atoms with E-state index in [0.717, 1.165) is 34.8 Å². The third-order valence-electron chi connectivity index (χ3n) is 5.42. The van der Waals surface area contributed by atoms with Gasteiger partial charge in [-0.05, 0) is 61.9 Å². The molecule has 194 valence electrons. The number of nitrogens with zero attached hydrogens (tertiary/aromatic N) is 2. The van der Waals surface area contributed by atoms with Crippen LogP contribution in [0.25, 0.3) is 0 Å². The molecule has 11 heteroatoms. The topological polar surface area (TPSA) is 105 Å². The first kappa shape index (κ1) is 28.2. The van der Waals surface area contributed by atoms with Crippen LogP contribution in [0.15, 0.2) is 62.3 Å². The number of carbonyl (C=O) groups is 2. The number of hydrogen-bond donors (Lipinski definition) is 1. The van der Waals surface area contributed by atoms with Crippen LogP contribution in [0.4, 0.5) is 5.69 Å². The summed E-state index contributed by atoms with van der Waals surface area (Å²) in [4.78, 5) is 26.8. The quantitative estimate of drug-likeness (QED) is 0.327. The molecular formula is C25H30BrN3O5S2. The molecule has 0 aromatic heterocycles. The molecule has 1 unspecified atom stereocenters. The van der Waals surface area contributed by atoms with Gasteiger partial charge in [-0.15, -0.1) is 4.40 Å². The van der Waals surface area contributed by atoms with Gasteiger partial charge in [0, 0.05) is 23.1 Å². The molecule has 0 aliphatic carbocycles. The van der Waals surface area contributed by atoms with Crippen molar-refractivity contribution in [3.63, 3.8) is 0 Å². The van der Waals surface area contributed by atoms with E-state index in [1.54, 1.807) is 43.3 Å². The van der Waals surface area contributed by atoms with Crippen molar-refractivity contribution in [2.45, 2.75) is 56.1 Å². The first-order valence-electron chi connectivity index (χ1n) is 11.8. The van der Waals surface area contributed by atoms with Gasteiger partial charge in [-0.3, -0.25) is 14.5 Å². The fourth-order valence-corrected chi connectivity index (χ4v) is 6.18. The highest BCUT2D eigenvalue weighted by atomic mass is 79.9. The van der Waals surface area contributed by atoms with Crippen LogP contribution < -0.4 is 10.1 Å². The first-order chi connectivity index (χ1) is 17.2. The fourth-order valence-electron chi connectivity index (χ4n) is 3.50. The van der Waals surface area contributed by atoms with Crippen molar-refractivity contribution in [2.75, 3.05) is 18.5 Å². The molecular weight excluding hydrogens is 566 g/mol. The minimum Gasteiger partial charge on any atom is -0.494 e. The van der Waals surface area contributed by atoms with E-state index in [9.17, 15) is 18.0 Å². The van der Waals surface area contributed by atoms with Gasteiger partial charge in [0.05, 0.1) is 11.5 Å². The average Bonchev–Trinajstić information content (AvgIpc) is 3.13. The molecule has 0 radical (unpaired) electrons. The molecule has 1 fully saturated rings. The Bertz CT molecular complexity index is 1190. The lowest BCUT2D eigenvalue weighted by Crippen LogP contribution is -2.33. The van der Waals surface area contributed by atoms with Gasteiger partial charge in [-0.2, -0.15) is 8.42 Å². The summed E-state index contributed by atoms with van der Waals surface area (Å²) in [5, 5.41) is 2.10. The summed E-state index contributed by atoms with van der Waals surface area (Å²) in [6.07, 6.45) is 4.41. The lowest BCUT2D eigenvalue weighted by atomic mass is 10.2. The standard InChI is InChI=1S/C25H30BrN3O5S2/c1-3-5-6-7-16-34-20-12-10-19(11-13-20)27-23(30)17-22-24(31)29(4-2)25(35-22)28-36(32,33)21-14-8-18(26)9-15-21/h8-15,22H,3-7,16-17H2,1-2H3,(H,27,30)/b28-25+. The number of amidine groups is 1. The van der Waals surface area contributed by atoms with E-state index in [1.165, 1.54) is 29.9 Å². The van der Waals surface area contributed by atoms with Crippen LogP contribution in [0.1, 0.15) is 46.0 Å². The zero-order valence-corrected chi connectivity index (χ0v) is 23.5. The summed E-state index contributed by atoms with van der Waals surface area (Å²) in [5.41, 5.74) is 0.591. The second-order valence-electron chi connectivity index (χ2n) is 8.18. The molecule has 0 spiro atoms. The lowest BCUT2D eigenvalue weighted by molar-refractivity contribution is -0.128. The van der Waals surface area contributed by atoms with E-state index >= 15 is 0 Å². The summed E-state index contributed by atoms with van der Waals surface area (Å²) in [5.74, 6) is 0.0498. The molecule has 2 aromatic carbocycles. The van der Waals surface area contributed by atoms with Gasteiger partial charge in [0.2, 0.25) is 11.8 Å². The summed E-state index contributed by atoms with van der Waals surface area (Å²) in [7, 11) is -4.00. The van der Waals surface area contributed by atoms with E-state index < -0.39 is 15.3 Å². The van der Waals surface area contributed by atoms with Gasteiger partial charge < -0.3 is 10.1 Å². The number of thioether (sulfide) groups is 1. The molecule has 1 heterocycles. The Morgan fingerprint density at radius 1 is 1.08 bits per heavy atom. The van der Waals surface area contributed by atoms with Crippen LogP contribution in [0, 0.1) is 0 Å². The first-order valence-corrected chi connectivity index (χ1v) is 15.0. The van der Waals surface area contributed by atoms with E-state index in [0.29, 0.717) is 12.3 Å². The zero-order valence-electron chi connectivity index (χ0n) is 20.3. The molecule has 2 amide bonds. The van der Waals surface area contributed by atoms with Gasteiger partial charge in [0.15, 0.2) is 5.17 Å². The van der Waals surface area contributed by atoms with Crippen molar-refractivity contribution in [2.24, 2.45) is 4.40 Å².